The number of anilines is 3. The SMILES string of the molecule is CCCCCc1nc(N)c2c(n1)N(Cc1cccc(CN3CCCC3)c1)CC(O)N2. The number of nitrogens with two attached hydrogens (primary N) is 1. The molecule has 1 saturated heterocycles. The Morgan fingerprint density at radius 1 is 1.13 bits per heavy atom. The van der Waals surface area contributed by atoms with Gasteiger partial charge in [-0.05, 0) is 43.5 Å². The fourth-order valence-corrected chi connectivity index (χ4v) is 4.42. The average molecular weight is 411 g/mol. The van der Waals surface area contributed by atoms with E-state index in [1.165, 1.54) is 37.1 Å². The molecule has 4 rings (SSSR count). The highest BCUT2D eigenvalue weighted by Crippen LogP contribution is 2.34. The summed E-state index contributed by atoms with van der Waals surface area (Å²) in [7, 11) is 0. The maximum absolute atomic E-state index is 10.3. The number of aryl methyl sites for hydroxylation is 1. The molecule has 7 heteroatoms. The van der Waals surface area contributed by atoms with Gasteiger partial charge in [0.1, 0.15) is 17.7 Å². The number of β-amino-alcohol motifs (C(OH)–C–C–N with tert-alkyl or cyclic N) is 1. The normalized spacial score (nSPS) is 19.0. The molecule has 7 nitrogen and oxygen atoms in total. The highest BCUT2D eigenvalue weighted by atomic mass is 16.3. The van der Waals surface area contributed by atoms with Gasteiger partial charge in [-0.1, -0.05) is 44.0 Å². The Balaban J connectivity index is 1.53. The lowest BCUT2D eigenvalue weighted by molar-refractivity contribution is 0.204. The molecule has 0 spiro atoms. The third-order valence-corrected chi connectivity index (χ3v) is 5.94. The highest BCUT2D eigenvalue weighted by molar-refractivity contribution is 5.78. The third-order valence-electron chi connectivity index (χ3n) is 5.94. The van der Waals surface area contributed by atoms with Crippen LogP contribution in [0.4, 0.5) is 17.3 Å². The lowest BCUT2D eigenvalue weighted by Crippen LogP contribution is -2.42. The van der Waals surface area contributed by atoms with Crippen molar-refractivity contribution in [1.29, 1.82) is 0 Å². The summed E-state index contributed by atoms with van der Waals surface area (Å²) in [5.74, 6) is 1.99. The van der Waals surface area contributed by atoms with Crippen LogP contribution in [0.15, 0.2) is 24.3 Å². The molecule has 1 atom stereocenters. The predicted octanol–water partition coefficient (Wildman–Crippen LogP) is 3.14. The van der Waals surface area contributed by atoms with Gasteiger partial charge in [-0.3, -0.25) is 4.90 Å². The first-order chi connectivity index (χ1) is 14.6. The van der Waals surface area contributed by atoms with Crippen molar-refractivity contribution in [2.75, 3.05) is 35.6 Å². The van der Waals surface area contributed by atoms with E-state index in [0.717, 1.165) is 43.9 Å². The number of nitrogens with one attached hydrogen (secondary N) is 1. The average Bonchev–Trinajstić information content (AvgIpc) is 3.22. The van der Waals surface area contributed by atoms with Crippen molar-refractivity contribution in [2.24, 2.45) is 0 Å². The number of unbranched alkanes of at least 4 members (excludes halogenated alkanes) is 2. The summed E-state index contributed by atoms with van der Waals surface area (Å²) in [4.78, 5) is 13.9. The van der Waals surface area contributed by atoms with Gasteiger partial charge in [0.15, 0.2) is 11.6 Å². The summed E-state index contributed by atoms with van der Waals surface area (Å²) in [5, 5.41) is 13.4. The smallest absolute Gasteiger partial charge is 0.158 e. The molecule has 2 aliphatic heterocycles. The zero-order valence-electron chi connectivity index (χ0n) is 18.0. The minimum absolute atomic E-state index is 0.415. The molecular weight excluding hydrogens is 376 g/mol. The molecule has 2 aliphatic rings. The largest absolute Gasteiger partial charge is 0.382 e. The van der Waals surface area contributed by atoms with Crippen LogP contribution in [0.1, 0.15) is 56.0 Å². The molecule has 0 amide bonds. The van der Waals surface area contributed by atoms with Crippen LogP contribution < -0.4 is 16.0 Å². The lowest BCUT2D eigenvalue weighted by Gasteiger charge is -2.34. The molecule has 3 heterocycles. The summed E-state index contributed by atoms with van der Waals surface area (Å²) in [6.45, 7) is 6.73. The molecule has 1 unspecified atom stereocenters. The molecule has 2 aromatic rings. The van der Waals surface area contributed by atoms with Crippen molar-refractivity contribution in [3.63, 3.8) is 0 Å². The predicted molar refractivity (Wildman–Crippen MR) is 121 cm³/mol. The molecule has 0 radical (unpaired) electrons. The number of rotatable bonds is 8. The van der Waals surface area contributed by atoms with E-state index in [9.17, 15) is 5.11 Å². The van der Waals surface area contributed by atoms with Gasteiger partial charge in [0.2, 0.25) is 0 Å². The van der Waals surface area contributed by atoms with Crippen LogP contribution in [0.5, 0.6) is 0 Å². The van der Waals surface area contributed by atoms with Crippen LogP contribution in [0.25, 0.3) is 0 Å². The summed E-state index contributed by atoms with van der Waals surface area (Å²) < 4.78 is 0. The van der Waals surface area contributed by atoms with Gasteiger partial charge in [-0.15, -0.1) is 0 Å². The van der Waals surface area contributed by atoms with E-state index in [2.05, 4.69) is 51.3 Å². The Morgan fingerprint density at radius 3 is 2.67 bits per heavy atom. The van der Waals surface area contributed by atoms with Crippen molar-refractivity contribution in [1.82, 2.24) is 14.9 Å². The maximum atomic E-state index is 10.3. The molecular formula is C23H34N6O. The Hall–Kier alpha value is -2.38. The summed E-state index contributed by atoms with van der Waals surface area (Å²) >= 11 is 0. The third kappa shape index (κ3) is 5.02. The lowest BCUT2D eigenvalue weighted by atomic mass is 10.1. The summed E-state index contributed by atoms with van der Waals surface area (Å²) in [6.07, 6.45) is 6.12. The number of hydrogen-bond donors (Lipinski definition) is 3. The quantitative estimate of drug-likeness (QED) is 0.576. The zero-order valence-corrected chi connectivity index (χ0v) is 18.0. The number of nitrogen functional groups attached to an aromatic ring is 1. The fourth-order valence-electron chi connectivity index (χ4n) is 4.42. The van der Waals surface area contributed by atoms with E-state index >= 15 is 0 Å². The van der Waals surface area contributed by atoms with Gasteiger partial charge in [0, 0.05) is 19.5 Å². The number of benzene rings is 1. The number of nitrogens with zero attached hydrogens (tertiary/aromatic N) is 4. The van der Waals surface area contributed by atoms with E-state index in [0.29, 0.717) is 24.6 Å². The second-order valence-electron chi connectivity index (χ2n) is 8.52. The highest BCUT2D eigenvalue weighted by Gasteiger charge is 2.27. The van der Waals surface area contributed by atoms with E-state index in [-0.39, 0.29) is 0 Å². The van der Waals surface area contributed by atoms with E-state index in [1.807, 2.05) is 0 Å². The number of likely N-dealkylation sites (tertiary alicyclic amines) is 1. The number of aromatic nitrogens is 2. The first-order valence-electron chi connectivity index (χ1n) is 11.3. The van der Waals surface area contributed by atoms with Crippen molar-refractivity contribution < 1.29 is 5.11 Å². The van der Waals surface area contributed by atoms with Gasteiger partial charge in [0.05, 0.1) is 6.54 Å². The second-order valence-corrected chi connectivity index (χ2v) is 8.52. The minimum Gasteiger partial charge on any atom is -0.382 e. The van der Waals surface area contributed by atoms with Gasteiger partial charge < -0.3 is 21.1 Å². The van der Waals surface area contributed by atoms with Crippen LogP contribution >= 0.6 is 0 Å². The molecule has 0 aliphatic carbocycles. The first kappa shape index (κ1) is 20.9. The zero-order chi connectivity index (χ0) is 20.9. The van der Waals surface area contributed by atoms with Crippen molar-refractivity contribution in [3.8, 4) is 0 Å². The minimum atomic E-state index is -0.692. The summed E-state index contributed by atoms with van der Waals surface area (Å²) in [5.41, 5.74) is 9.42. The Kier molecular flexibility index (Phi) is 6.69. The Bertz CT molecular complexity index is 852. The number of hydrogen-bond acceptors (Lipinski definition) is 7. The summed E-state index contributed by atoms with van der Waals surface area (Å²) in [6, 6.07) is 8.76. The molecule has 4 N–H and O–H groups in total. The van der Waals surface area contributed by atoms with Crippen molar-refractivity contribution in [2.45, 2.75) is 64.8 Å². The second kappa shape index (κ2) is 9.62. The maximum Gasteiger partial charge on any atom is 0.158 e. The molecule has 0 bridgehead atoms. The first-order valence-corrected chi connectivity index (χ1v) is 11.3. The molecule has 1 fully saturated rings. The van der Waals surface area contributed by atoms with Crippen LogP contribution in [0, 0.1) is 0 Å². The van der Waals surface area contributed by atoms with E-state index < -0.39 is 6.23 Å². The van der Waals surface area contributed by atoms with Crippen molar-refractivity contribution >= 4 is 17.3 Å². The van der Waals surface area contributed by atoms with Crippen LogP contribution in [-0.4, -0.2) is 45.8 Å². The van der Waals surface area contributed by atoms with Gasteiger partial charge in [-0.25, -0.2) is 9.97 Å². The molecule has 0 saturated carbocycles. The topological polar surface area (TPSA) is 90.5 Å². The van der Waals surface area contributed by atoms with Gasteiger partial charge >= 0.3 is 0 Å². The molecule has 162 valence electrons. The van der Waals surface area contributed by atoms with Crippen LogP contribution in [-0.2, 0) is 19.5 Å². The van der Waals surface area contributed by atoms with Gasteiger partial charge in [0.25, 0.3) is 0 Å². The Labute approximate surface area is 179 Å². The molecule has 1 aromatic heterocycles. The number of aliphatic hydroxyl groups excluding tert-OH is 1. The standard InChI is InChI=1S/C23H34N6O/c1-2-3-4-10-19-25-22(24)21-23(26-19)29(16-20(30)27-21)15-18-9-7-8-17(13-18)14-28-11-5-6-12-28/h7-9,13,20,27,30H,2-6,10-12,14-16H2,1H3,(H2,24,25,26). The monoisotopic (exact) mass is 410 g/mol. The Morgan fingerprint density at radius 2 is 1.90 bits per heavy atom. The fraction of sp³-hybridized carbons (Fsp3) is 0.565. The molecule has 1 aromatic carbocycles. The number of aliphatic hydroxyl groups is 1. The van der Waals surface area contributed by atoms with Crippen molar-refractivity contribution in [3.05, 3.63) is 41.2 Å². The van der Waals surface area contributed by atoms with Gasteiger partial charge in [-0.2, -0.15) is 0 Å². The number of fused-ring (bicyclic) bond motifs is 1. The molecule has 30 heavy (non-hydrogen) atoms. The van der Waals surface area contributed by atoms with Crippen LogP contribution in [0.2, 0.25) is 0 Å². The van der Waals surface area contributed by atoms with E-state index in [1.54, 1.807) is 0 Å². The van der Waals surface area contributed by atoms with E-state index in [4.69, 9.17) is 10.7 Å². The van der Waals surface area contributed by atoms with Crippen LogP contribution in [0.3, 0.4) is 0 Å².